The Hall–Kier alpha value is -0.860. The van der Waals surface area contributed by atoms with Gasteiger partial charge in [-0.3, -0.25) is 0 Å². The van der Waals surface area contributed by atoms with Gasteiger partial charge in [0.25, 0.3) is 0 Å². The third-order valence-corrected chi connectivity index (χ3v) is 1.44. The van der Waals surface area contributed by atoms with Gasteiger partial charge in [-0.05, 0) is 12.8 Å². The normalized spacial score (nSPS) is 10.1. The standard InChI is InChI=1S/C7H12N2O/c1-2-3-4-5-7-6-10-9-8-7/h6H,2-5H2,1H3. The van der Waals surface area contributed by atoms with Crippen molar-refractivity contribution in [3.8, 4) is 0 Å². The summed E-state index contributed by atoms with van der Waals surface area (Å²) in [5.41, 5.74) is 0.966. The van der Waals surface area contributed by atoms with Crippen molar-refractivity contribution < 1.29 is 4.52 Å². The van der Waals surface area contributed by atoms with Gasteiger partial charge in [-0.15, -0.1) is 5.10 Å². The summed E-state index contributed by atoms with van der Waals surface area (Å²) < 4.78 is 4.58. The minimum atomic E-state index is 0.966. The van der Waals surface area contributed by atoms with Gasteiger partial charge in [0.1, 0.15) is 12.0 Å². The molecule has 0 aliphatic rings. The van der Waals surface area contributed by atoms with Gasteiger partial charge in [0.05, 0.1) is 0 Å². The van der Waals surface area contributed by atoms with Gasteiger partial charge >= 0.3 is 0 Å². The van der Waals surface area contributed by atoms with Crippen molar-refractivity contribution in [2.45, 2.75) is 32.6 Å². The van der Waals surface area contributed by atoms with Gasteiger partial charge < -0.3 is 4.52 Å². The van der Waals surface area contributed by atoms with Crippen molar-refractivity contribution >= 4 is 0 Å². The van der Waals surface area contributed by atoms with Crippen LogP contribution in [0.25, 0.3) is 0 Å². The van der Waals surface area contributed by atoms with Crippen molar-refractivity contribution in [1.29, 1.82) is 0 Å². The molecule has 3 heteroatoms. The van der Waals surface area contributed by atoms with Crippen LogP contribution < -0.4 is 0 Å². The molecule has 0 aliphatic carbocycles. The smallest absolute Gasteiger partial charge is 0.147 e. The number of aryl methyl sites for hydroxylation is 1. The molecule has 0 radical (unpaired) electrons. The highest BCUT2D eigenvalue weighted by molar-refractivity contribution is 4.87. The molecule has 1 aromatic rings. The molecule has 0 bridgehead atoms. The molecule has 0 aliphatic heterocycles. The fourth-order valence-corrected chi connectivity index (χ4v) is 0.849. The second-order valence-electron chi connectivity index (χ2n) is 2.35. The van der Waals surface area contributed by atoms with E-state index in [2.05, 4.69) is 21.8 Å². The van der Waals surface area contributed by atoms with Crippen LogP contribution in [0, 0.1) is 0 Å². The fourth-order valence-electron chi connectivity index (χ4n) is 0.849. The first-order valence-electron chi connectivity index (χ1n) is 3.69. The zero-order valence-corrected chi connectivity index (χ0v) is 6.21. The lowest BCUT2D eigenvalue weighted by atomic mass is 10.2. The topological polar surface area (TPSA) is 38.9 Å². The van der Waals surface area contributed by atoms with Crippen LogP contribution in [0.1, 0.15) is 31.9 Å². The SMILES string of the molecule is CCCCCc1conn1. The van der Waals surface area contributed by atoms with E-state index in [-0.39, 0.29) is 0 Å². The number of aromatic nitrogens is 2. The van der Waals surface area contributed by atoms with E-state index in [0.29, 0.717) is 0 Å². The van der Waals surface area contributed by atoms with Crippen LogP contribution >= 0.6 is 0 Å². The number of hydrogen-bond acceptors (Lipinski definition) is 3. The Labute approximate surface area is 60.4 Å². The van der Waals surface area contributed by atoms with Gasteiger partial charge in [-0.25, -0.2) is 0 Å². The van der Waals surface area contributed by atoms with Crippen molar-refractivity contribution in [1.82, 2.24) is 10.4 Å². The highest BCUT2D eigenvalue weighted by Gasteiger charge is 1.95. The molecular formula is C7H12N2O. The summed E-state index contributed by atoms with van der Waals surface area (Å²) in [4.78, 5) is 0. The Bertz CT molecular complexity index is 160. The zero-order chi connectivity index (χ0) is 7.23. The predicted molar refractivity (Wildman–Crippen MR) is 37.5 cm³/mol. The molecule has 0 aromatic carbocycles. The largest absolute Gasteiger partial charge is 0.345 e. The van der Waals surface area contributed by atoms with Crippen molar-refractivity contribution in [2.24, 2.45) is 0 Å². The molecule has 0 saturated carbocycles. The summed E-state index contributed by atoms with van der Waals surface area (Å²) in [6, 6.07) is 0. The molecule has 0 unspecified atom stereocenters. The van der Waals surface area contributed by atoms with Gasteiger partial charge in [-0.1, -0.05) is 19.8 Å². The quantitative estimate of drug-likeness (QED) is 0.598. The minimum Gasteiger partial charge on any atom is -0.345 e. The van der Waals surface area contributed by atoms with Gasteiger partial charge in [-0.2, -0.15) is 0 Å². The molecule has 1 aromatic heterocycles. The number of rotatable bonds is 4. The molecule has 0 spiro atoms. The summed E-state index contributed by atoms with van der Waals surface area (Å²) in [6.45, 7) is 2.18. The molecule has 1 heterocycles. The molecule has 10 heavy (non-hydrogen) atoms. The number of nitrogens with zero attached hydrogens (tertiary/aromatic N) is 2. The molecular weight excluding hydrogens is 128 g/mol. The van der Waals surface area contributed by atoms with Crippen LogP contribution in [0.3, 0.4) is 0 Å². The average molecular weight is 140 g/mol. The van der Waals surface area contributed by atoms with Crippen LogP contribution in [0.15, 0.2) is 10.8 Å². The third-order valence-electron chi connectivity index (χ3n) is 1.44. The zero-order valence-electron chi connectivity index (χ0n) is 6.21. The number of hydrogen-bond donors (Lipinski definition) is 0. The first-order chi connectivity index (χ1) is 4.93. The Morgan fingerprint density at radius 3 is 3.00 bits per heavy atom. The molecule has 0 N–H and O–H groups in total. The first-order valence-corrected chi connectivity index (χ1v) is 3.69. The van der Waals surface area contributed by atoms with Crippen molar-refractivity contribution in [3.05, 3.63) is 12.0 Å². The molecule has 0 fully saturated rings. The lowest BCUT2D eigenvalue weighted by Crippen LogP contribution is -1.84. The van der Waals surface area contributed by atoms with E-state index in [4.69, 9.17) is 0 Å². The molecule has 3 nitrogen and oxygen atoms in total. The highest BCUT2D eigenvalue weighted by atomic mass is 16.5. The van der Waals surface area contributed by atoms with Gasteiger partial charge in [0, 0.05) is 5.27 Å². The fraction of sp³-hybridized carbons (Fsp3) is 0.714. The lowest BCUT2D eigenvalue weighted by Gasteiger charge is -1.90. The van der Waals surface area contributed by atoms with Crippen LogP contribution in [0.4, 0.5) is 0 Å². The van der Waals surface area contributed by atoms with E-state index in [9.17, 15) is 0 Å². The maximum Gasteiger partial charge on any atom is 0.147 e. The molecule has 1 rings (SSSR count). The monoisotopic (exact) mass is 140 g/mol. The highest BCUT2D eigenvalue weighted by Crippen LogP contribution is 2.01. The Kier molecular flexibility index (Phi) is 2.93. The van der Waals surface area contributed by atoms with E-state index in [1.54, 1.807) is 6.26 Å². The van der Waals surface area contributed by atoms with Crippen molar-refractivity contribution in [2.75, 3.05) is 0 Å². The molecule has 0 saturated heterocycles. The van der Waals surface area contributed by atoms with Crippen LogP contribution in [0.5, 0.6) is 0 Å². The first kappa shape index (κ1) is 7.25. The van der Waals surface area contributed by atoms with Crippen molar-refractivity contribution in [3.63, 3.8) is 0 Å². The van der Waals surface area contributed by atoms with E-state index < -0.39 is 0 Å². The molecule has 0 amide bonds. The second kappa shape index (κ2) is 4.04. The average Bonchev–Trinajstić information content (AvgIpc) is 2.41. The Morgan fingerprint density at radius 1 is 1.50 bits per heavy atom. The van der Waals surface area contributed by atoms with Gasteiger partial charge in [0.15, 0.2) is 0 Å². The summed E-state index contributed by atoms with van der Waals surface area (Å²) >= 11 is 0. The lowest BCUT2D eigenvalue weighted by molar-refractivity contribution is 0.392. The third kappa shape index (κ3) is 2.17. The summed E-state index contributed by atoms with van der Waals surface area (Å²) in [5.74, 6) is 0. The van der Waals surface area contributed by atoms with E-state index in [1.807, 2.05) is 0 Å². The van der Waals surface area contributed by atoms with E-state index in [1.165, 1.54) is 19.3 Å². The molecule has 0 atom stereocenters. The summed E-state index contributed by atoms with van der Waals surface area (Å²) in [6.07, 6.45) is 6.29. The van der Waals surface area contributed by atoms with E-state index in [0.717, 1.165) is 12.1 Å². The van der Waals surface area contributed by atoms with Crippen LogP contribution in [-0.4, -0.2) is 10.4 Å². The maximum atomic E-state index is 4.58. The molecule has 56 valence electrons. The minimum absolute atomic E-state index is 0.966. The Morgan fingerprint density at radius 2 is 2.40 bits per heavy atom. The van der Waals surface area contributed by atoms with Crippen LogP contribution in [0.2, 0.25) is 0 Å². The summed E-state index contributed by atoms with van der Waals surface area (Å²) in [7, 11) is 0. The van der Waals surface area contributed by atoms with Crippen LogP contribution in [-0.2, 0) is 6.42 Å². The predicted octanol–water partition coefficient (Wildman–Crippen LogP) is 1.80. The second-order valence-corrected chi connectivity index (χ2v) is 2.35. The van der Waals surface area contributed by atoms with Gasteiger partial charge in [0.2, 0.25) is 0 Å². The number of unbranched alkanes of at least 4 members (excludes halogenated alkanes) is 2. The van der Waals surface area contributed by atoms with E-state index >= 15 is 0 Å². The summed E-state index contributed by atoms with van der Waals surface area (Å²) in [5, 5.41) is 7.15. The maximum absolute atomic E-state index is 4.58. The Balaban J connectivity index is 2.15.